The van der Waals surface area contributed by atoms with Crippen LogP contribution < -0.4 is 5.56 Å². The van der Waals surface area contributed by atoms with Crippen LogP contribution in [0.1, 0.15) is 11.5 Å². The van der Waals surface area contributed by atoms with E-state index in [9.17, 15) is 9.59 Å². The van der Waals surface area contributed by atoms with Crippen molar-refractivity contribution < 1.29 is 14.1 Å². The maximum atomic E-state index is 12.2. The molecule has 0 saturated carbocycles. The van der Waals surface area contributed by atoms with Gasteiger partial charge in [-0.15, -0.1) is 5.10 Å². The van der Waals surface area contributed by atoms with Crippen LogP contribution >= 0.6 is 0 Å². The zero-order valence-electron chi connectivity index (χ0n) is 11.7. The number of rotatable bonds is 4. The predicted octanol–water partition coefficient (Wildman–Crippen LogP) is 0.831. The normalized spacial score (nSPS) is 10.8. The van der Waals surface area contributed by atoms with E-state index in [4.69, 9.17) is 9.26 Å². The number of carbonyl (C=O) groups excluding carboxylic acids is 1. The number of aryl methyl sites for hydroxylation is 1. The molecule has 0 atom stereocenters. The summed E-state index contributed by atoms with van der Waals surface area (Å²) in [6.45, 7) is 1.40. The Balaban J connectivity index is 1.71. The molecule has 0 aliphatic heterocycles. The first-order chi connectivity index (χ1) is 10.6. The van der Waals surface area contributed by atoms with Gasteiger partial charge in [0.1, 0.15) is 30.1 Å². The van der Waals surface area contributed by atoms with Crippen LogP contribution in [0.2, 0.25) is 0 Å². The second kappa shape index (κ2) is 5.76. The van der Waals surface area contributed by atoms with Gasteiger partial charge in [-0.2, -0.15) is 4.68 Å². The van der Waals surface area contributed by atoms with Crippen molar-refractivity contribution in [2.45, 2.75) is 20.1 Å². The van der Waals surface area contributed by atoms with Crippen LogP contribution in [0, 0.1) is 6.92 Å². The molecule has 0 radical (unpaired) electrons. The third kappa shape index (κ3) is 2.85. The minimum absolute atomic E-state index is 0.0219. The molecule has 0 N–H and O–H groups in total. The maximum absolute atomic E-state index is 12.2. The van der Waals surface area contributed by atoms with Gasteiger partial charge in [-0.05, 0) is 19.1 Å². The van der Waals surface area contributed by atoms with E-state index in [0.717, 1.165) is 4.68 Å². The highest BCUT2D eigenvalue weighted by Gasteiger charge is 2.11. The molecule has 2 heterocycles. The highest BCUT2D eigenvalue weighted by atomic mass is 16.5. The second-order valence-electron chi connectivity index (χ2n) is 4.66. The average molecular weight is 300 g/mol. The number of carbonyl (C=O) groups is 1. The standard InChI is InChI=1S/C14H12N4O4/c1-9-6-10(16-22-9)8-21-13(19)7-18-14(20)11-4-2-3-5-12(11)15-17-18/h2-6H,7-8H2,1H3. The Labute approximate surface area is 124 Å². The Morgan fingerprint density at radius 2 is 2.18 bits per heavy atom. The molecule has 1 aromatic carbocycles. The van der Waals surface area contributed by atoms with Crippen LogP contribution in [0.5, 0.6) is 0 Å². The van der Waals surface area contributed by atoms with Crippen molar-refractivity contribution in [3.05, 3.63) is 52.1 Å². The fourth-order valence-electron chi connectivity index (χ4n) is 1.94. The molecule has 3 aromatic rings. The minimum atomic E-state index is -0.604. The molecule has 8 nitrogen and oxygen atoms in total. The topological polar surface area (TPSA) is 100 Å². The van der Waals surface area contributed by atoms with E-state index in [1.165, 1.54) is 0 Å². The smallest absolute Gasteiger partial charge is 0.328 e. The summed E-state index contributed by atoms with van der Waals surface area (Å²) in [5.74, 6) is 0.0231. The molecule has 8 heteroatoms. The summed E-state index contributed by atoms with van der Waals surface area (Å²) in [6, 6.07) is 8.46. The van der Waals surface area contributed by atoms with E-state index in [1.54, 1.807) is 37.3 Å². The lowest BCUT2D eigenvalue weighted by atomic mass is 10.2. The summed E-state index contributed by atoms with van der Waals surface area (Å²) in [6.07, 6.45) is 0. The monoisotopic (exact) mass is 300 g/mol. The summed E-state index contributed by atoms with van der Waals surface area (Å²) in [5.41, 5.74) is 0.595. The number of aromatic nitrogens is 4. The Bertz CT molecular complexity index is 884. The maximum Gasteiger partial charge on any atom is 0.328 e. The Kier molecular flexibility index (Phi) is 3.65. The molecule has 0 fully saturated rings. The first kappa shape index (κ1) is 13.9. The van der Waals surface area contributed by atoms with E-state index < -0.39 is 5.97 Å². The molecule has 0 aliphatic rings. The molecule has 0 bridgehead atoms. The molecular weight excluding hydrogens is 288 g/mol. The predicted molar refractivity (Wildman–Crippen MR) is 74.8 cm³/mol. The van der Waals surface area contributed by atoms with Crippen molar-refractivity contribution in [1.82, 2.24) is 20.2 Å². The summed E-state index contributed by atoms with van der Waals surface area (Å²) < 4.78 is 10.9. The molecule has 0 amide bonds. The summed E-state index contributed by atoms with van der Waals surface area (Å²) in [4.78, 5) is 23.9. The Morgan fingerprint density at radius 3 is 2.95 bits per heavy atom. The molecule has 0 aliphatic carbocycles. The molecule has 0 unspecified atom stereocenters. The van der Waals surface area contributed by atoms with Gasteiger partial charge < -0.3 is 9.26 Å². The lowest BCUT2D eigenvalue weighted by molar-refractivity contribution is -0.146. The molecule has 0 spiro atoms. The minimum Gasteiger partial charge on any atom is -0.458 e. The molecule has 2 aromatic heterocycles. The van der Waals surface area contributed by atoms with Crippen molar-refractivity contribution in [2.24, 2.45) is 0 Å². The molecular formula is C14H12N4O4. The van der Waals surface area contributed by atoms with Gasteiger partial charge >= 0.3 is 5.97 Å². The van der Waals surface area contributed by atoms with Gasteiger partial charge in [-0.25, -0.2) is 0 Å². The van der Waals surface area contributed by atoms with Crippen LogP contribution in [0.4, 0.5) is 0 Å². The lowest BCUT2D eigenvalue weighted by Gasteiger charge is -2.04. The summed E-state index contributed by atoms with van der Waals surface area (Å²) in [7, 11) is 0. The summed E-state index contributed by atoms with van der Waals surface area (Å²) in [5, 5.41) is 11.7. The fraction of sp³-hybridized carbons (Fsp3) is 0.214. The second-order valence-corrected chi connectivity index (χ2v) is 4.66. The van der Waals surface area contributed by atoms with Crippen molar-refractivity contribution in [3.63, 3.8) is 0 Å². The third-order valence-electron chi connectivity index (χ3n) is 2.97. The van der Waals surface area contributed by atoms with Crippen molar-refractivity contribution in [1.29, 1.82) is 0 Å². The van der Waals surface area contributed by atoms with Gasteiger partial charge in [0, 0.05) is 6.07 Å². The quantitative estimate of drug-likeness (QED) is 0.658. The van der Waals surface area contributed by atoms with Gasteiger partial charge in [0.15, 0.2) is 0 Å². The van der Waals surface area contributed by atoms with Crippen molar-refractivity contribution >= 4 is 16.9 Å². The van der Waals surface area contributed by atoms with Gasteiger partial charge in [-0.1, -0.05) is 22.5 Å². The Hall–Kier alpha value is -3.03. The van der Waals surface area contributed by atoms with Crippen molar-refractivity contribution in [2.75, 3.05) is 0 Å². The van der Waals surface area contributed by atoms with Crippen LogP contribution in [0.3, 0.4) is 0 Å². The highest BCUT2D eigenvalue weighted by molar-refractivity contribution is 5.77. The number of hydrogen-bond acceptors (Lipinski definition) is 7. The first-order valence-electron chi connectivity index (χ1n) is 6.54. The lowest BCUT2D eigenvalue weighted by Crippen LogP contribution is -2.28. The van der Waals surface area contributed by atoms with Crippen LogP contribution in [0.15, 0.2) is 39.6 Å². The van der Waals surface area contributed by atoms with Crippen LogP contribution in [-0.4, -0.2) is 26.1 Å². The van der Waals surface area contributed by atoms with Gasteiger partial charge in [0.2, 0.25) is 0 Å². The zero-order chi connectivity index (χ0) is 15.5. The van der Waals surface area contributed by atoms with Crippen LogP contribution in [0.25, 0.3) is 10.9 Å². The van der Waals surface area contributed by atoms with Crippen molar-refractivity contribution in [3.8, 4) is 0 Å². The number of esters is 1. The average Bonchev–Trinajstić information content (AvgIpc) is 2.94. The van der Waals surface area contributed by atoms with Crippen LogP contribution in [-0.2, 0) is 22.7 Å². The van der Waals surface area contributed by atoms with E-state index in [0.29, 0.717) is 22.4 Å². The number of ether oxygens (including phenoxy) is 1. The fourth-order valence-corrected chi connectivity index (χ4v) is 1.94. The zero-order valence-corrected chi connectivity index (χ0v) is 11.7. The van der Waals surface area contributed by atoms with Gasteiger partial charge in [-0.3, -0.25) is 9.59 Å². The highest BCUT2D eigenvalue weighted by Crippen LogP contribution is 2.05. The molecule has 22 heavy (non-hydrogen) atoms. The number of hydrogen-bond donors (Lipinski definition) is 0. The van der Waals surface area contributed by atoms with Gasteiger partial charge in [0.05, 0.1) is 5.39 Å². The molecule has 112 valence electrons. The van der Waals surface area contributed by atoms with E-state index in [1.807, 2.05) is 0 Å². The number of nitrogens with zero attached hydrogens (tertiary/aromatic N) is 4. The molecule has 3 rings (SSSR count). The third-order valence-corrected chi connectivity index (χ3v) is 2.97. The number of benzene rings is 1. The number of fused-ring (bicyclic) bond motifs is 1. The SMILES string of the molecule is Cc1cc(COC(=O)Cn2nnc3ccccc3c2=O)no1. The first-order valence-corrected chi connectivity index (χ1v) is 6.54. The van der Waals surface area contributed by atoms with E-state index in [2.05, 4.69) is 15.5 Å². The van der Waals surface area contributed by atoms with E-state index in [-0.39, 0.29) is 18.7 Å². The molecule has 0 saturated heterocycles. The van der Waals surface area contributed by atoms with E-state index >= 15 is 0 Å². The largest absolute Gasteiger partial charge is 0.458 e. The van der Waals surface area contributed by atoms with Gasteiger partial charge in [0.25, 0.3) is 5.56 Å². The Morgan fingerprint density at radius 1 is 1.36 bits per heavy atom. The summed E-state index contributed by atoms with van der Waals surface area (Å²) >= 11 is 0.